The van der Waals surface area contributed by atoms with Crippen molar-refractivity contribution in [3.05, 3.63) is 49.9 Å². The van der Waals surface area contributed by atoms with Crippen molar-refractivity contribution in [2.45, 2.75) is 13.5 Å². The normalized spacial score (nSPS) is 11.0. The number of halogens is 2. The number of ether oxygens (including phenoxy) is 1. The zero-order valence-corrected chi connectivity index (χ0v) is 13.3. The van der Waals surface area contributed by atoms with Gasteiger partial charge in [-0.3, -0.25) is 0 Å². The molecule has 4 nitrogen and oxygen atoms in total. The van der Waals surface area contributed by atoms with Gasteiger partial charge >= 0.3 is 5.97 Å². The first kappa shape index (κ1) is 15.8. The lowest BCUT2D eigenvalue weighted by Gasteiger charge is -2.10. The highest BCUT2D eigenvalue weighted by atomic mass is 35.5. The average molecular weight is 344 g/mol. The molecule has 0 amide bonds. The number of carbonyl (C=O) groups is 1. The molecule has 0 atom stereocenters. The van der Waals surface area contributed by atoms with Gasteiger partial charge in [-0.25, -0.2) is 9.78 Å². The maximum Gasteiger partial charge on any atom is 0.328 e. The largest absolute Gasteiger partial charge is 0.485 e. The quantitative estimate of drug-likeness (QED) is 0.815. The highest BCUT2D eigenvalue weighted by Gasteiger charge is 2.10. The van der Waals surface area contributed by atoms with Gasteiger partial charge in [0.2, 0.25) is 0 Å². The van der Waals surface area contributed by atoms with Gasteiger partial charge in [-0.1, -0.05) is 23.2 Å². The van der Waals surface area contributed by atoms with Crippen LogP contribution in [-0.4, -0.2) is 16.1 Å². The summed E-state index contributed by atoms with van der Waals surface area (Å²) in [6, 6.07) is 3.14. The lowest BCUT2D eigenvalue weighted by atomic mass is 10.2. The van der Waals surface area contributed by atoms with E-state index >= 15 is 0 Å². The van der Waals surface area contributed by atoms with Crippen LogP contribution in [0.2, 0.25) is 10.0 Å². The summed E-state index contributed by atoms with van der Waals surface area (Å²) in [5.74, 6) is -0.684. The summed E-state index contributed by atoms with van der Waals surface area (Å²) >= 11 is 13.6. The number of benzene rings is 1. The fourth-order valence-corrected chi connectivity index (χ4v) is 2.80. The SMILES string of the molecule is Cc1nc(COc2c(Cl)cc(Cl)cc2/C=C/C(=O)O)cs1. The molecule has 1 aromatic carbocycles. The number of carboxylic acid groups (broad SMARTS) is 1. The third-order valence-corrected chi connectivity index (χ3v) is 3.79. The molecule has 0 saturated carbocycles. The van der Waals surface area contributed by atoms with Gasteiger partial charge in [0, 0.05) is 22.0 Å². The molecule has 2 rings (SSSR count). The molecule has 2 aromatic rings. The van der Waals surface area contributed by atoms with Crippen molar-refractivity contribution in [2.75, 3.05) is 0 Å². The minimum absolute atomic E-state index is 0.250. The molecule has 1 heterocycles. The Labute approximate surface area is 135 Å². The van der Waals surface area contributed by atoms with Crippen molar-refractivity contribution in [3.8, 4) is 5.75 Å². The number of carboxylic acids is 1. The molecule has 0 unspecified atom stereocenters. The highest BCUT2D eigenvalue weighted by Crippen LogP contribution is 2.34. The third kappa shape index (κ3) is 4.46. The Kier molecular flexibility index (Phi) is 5.22. The molecular formula is C14H11Cl2NO3S. The van der Waals surface area contributed by atoms with E-state index in [1.54, 1.807) is 12.1 Å². The molecule has 110 valence electrons. The molecule has 0 aliphatic heterocycles. The first-order valence-electron chi connectivity index (χ1n) is 5.89. The van der Waals surface area contributed by atoms with Crippen LogP contribution in [0.15, 0.2) is 23.6 Å². The number of thiazole rings is 1. The van der Waals surface area contributed by atoms with Crippen LogP contribution in [0.5, 0.6) is 5.75 Å². The van der Waals surface area contributed by atoms with Gasteiger partial charge in [0.15, 0.2) is 0 Å². The Morgan fingerprint density at radius 1 is 1.48 bits per heavy atom. The maximum atomic E-state index is 10.6. The topological polar surface area (TPSA) is 59.4 Å². The van der Waals surface area contributed by atoms with Crippen LogP contribution < -0.4 is 4.74 Å². The summed E-state index contributed by atoms with van der Waals surface area (Å²) < 4.78 is 5.66. The van der Waals surface area contributed by atoms with Crippen LogP contribution in [0, 0.1) is 6.92 Å². The Hall–Kier alpha value is -1.56. The second-order valence-corrected chi connectivity index (χ2v) is 6.03. The van der Waals surface area contributed by atoms with Gasteiger partial charge in [-0.2, -0.15) is 0 Å². The van der Waals surface area contributed by atoms with E-state index in [4.69, 9.17) is 33.0 Å². The molecule has 21 heavy (non-hydrogen) atoms. The van der Waals surface area contributed by atoms with Crippen LogP contribution in [0.1, 0.15) is 16.3 Å². The monoisotopic (exact) mass is 343 g/mol. The van der Waals surface area contributed by atoms with Gasteiger partial charge in [0.05, 0.1) is 15.7 Å². The van der Waals surface area contributed by atoms with Crippen LogP contribution >= 0.6 is 34.5 Å². The van der Waals surface area contributed by atoms with E-state index in [1.165, 1.54) is 17.4 Å². The lowest BCUT2D eigenvalue weighted by Crippen LogP contribution is -1.98. The van der Waals surface area contributed by atoms with Gasteiger partial charge in [0.25, 0.3) is 0 Å². The summed E-state index contributed by atoms with van der Waals surface area (Å²) in [5.41, 5.74) is 1.29. The minimum atomic E-state index is -1.06. The van der Waals surface area contributed by atoms with E-state index in [2.05, 4.69) is 4.98 Å². The Morgan fingerprint density at radius 3 is 2.86 bits per heavy atom. The zero-order valence-electron chi connectivity index (χ0n) is 11.0. The van der Waals surface area contributed by atoms with Crippen LogP contribution in [0.4, 0.5) is 0 Å². The van der Waals surface area contributed by atoms with Crippen molar-refractivity contribution in [1.29, 1.82) is 0 Å². The van der Waals surface area contributed by atoms with E-state index in [0.29, 0.717) is 21.4 Å². The smallest absolute Gasteiger partial charge is 0.328 e. The van der Waals surface area contributed by atoms with Crippen LogP contribution in [-0.2, 0) is 11.4 Å². The molecule has 0 spiro atoms. The second kappa shape index (κ2) is 6.93. The van der Waals surface area contributed by atoms with E-state index in [-0.39, 0.29) is 6.61 Å². The van der Waals surface area contributed by atoms with E-state index in [1.807, 2.05) is 12.3 Å². The summed E-state index contributed by atoms with van der Waals surface area (Å²) in [4.78, 5) is 14.9. The summed E-state index contributed by atoms with van der Waals surface area (Å²) in [5, 5.41) is 12.3. The Morgan fingerprint density at radius 2 is 2.24 bits per heavy atom. The summed E-state index contributed by atoms with van der Waals surface area (Å²) in [6.45, 7) is 2.16. The summed E-state index contributed by atoms with van der Waals surface area (Å²) in [7, 11) is 0. The van der Waals surface area contributed by atoms with Crippen LogP contribution in [0.25, 0.3) is 6.08 Å². The zero-order chi connectivity index (χ0) is 15.4. The first-order valence-corrected chi connectivity index (χ1v) is 7.53. The van der Waals surface area contributed by atoms with Gasteiger partial charge < -0.3 is 9.84 Å². The predicted molar refractivity (Wildman–Crippen MR) is 84.3 cm³/mol. The van der Waals surface area contributed by atoms with E-state index in [0.717, 1.165) is 16.8 Å². The van der Waals surface area contributed by atoms with Gasteiger partial charge in [0.1, 0.15) is 12.4 Å². The minimum Gasteiger partial charge on any atom is -0.485 e. The average Bonchev–Trinajstić information content (AvgIpc) is 2.80. The van der Waals surface area contributed by atoms with Crippen molar-refractivity contribution < 1.29 is 14.6 Å². The molecular weight excluding hydrogens is 333 g/mol. The molecule has 0 saturated heterocycles. The molecule has 0 aliphatic rings. The number of nitrogens with zero attached hydrogens (tertiary/aromatic N) is 1. The fraction of sp³-hybridized carbons (Fsp3) is 0.143. The van der Waals surface area contributed by atoms with E-state index < -0.39 is 5.97 Å². The number of aromatic nitrogens is 1. The van der Waals surface area contributed by atoms with Crippen LogP contribution in [0.3, 0.4) is 0 Å². The molecule has 1 N–H and O–H groups in total. The molecule has 0 bridgehead atoms. The predicted octanol–water partition coefficient (Wildman–Crippen LogP) is 4.44. The standard InChI is InChI=1S/C14H11Cl2NO3S/c1-8-17-11(7-21-8)6-20-14-9(2-3-13(18)19)4-10(15)5-12(14)16/h2-5,7H,6H2,1H3,(H,18,19)/b3-2+. The van der Waals surface area contributed by atoms with Gasteiger partial charge in [-0.05, 0) is 25.1 Å². The fourth-order valence-electron chi connectivity index (χ4n) is 1.64. The van der Waals surface area contributed by atoms with E-state index in [9.17, 15) is 4.79 Å². The molecule has 0 radical (unpaired) electrons. The Balaban J connectivity index is 2.26. The number of hydrogen-bond acceptors (Lipinski definition) is 4. The number of hydrogen-bond donors (Lipinski definition) is 1. The van der Waals surface area contributed by atoms with Crippen molar-refractivity contribution in [2.24, 2.45) is 0 Å². The first-order chi connectivity index (χ1) is 9.95. The molecule has 1 aromatic heterocycles. The molecule has 0 fully saturated rings. The van der Waals surface area contributed by atoms with Gasteiger partial charge in [-0.15, -0.1) is 11.3 Å². The molecule has 0 aliphatic carbocycles. The lowest BCUT2D eigenvalue weighted by molar-refractivity contribution is -0.131. The second-order valence-electron chi connectivity index (χ2n) is 4.12. The van der Waals surface area contributed by atoms with Crippen molar-refractivity contribution in [1.82, 2.24) is 4.98 Å². The number of rotatable bonds is 5. The Bertz CT molecular complexity index is 698. The van der Waals surface area contributed by atoms with Crippen molar-refractivity contribution in [3.63, 3.8) is 0 Å². The summed E-state index contributed by atoms with van der Waals surface area (Å²) in [6.07, 6.45) is 2.39. The third-order valence-electron chi connectivity index (χ3n) is 2.47. The number of aliphatic carboxylic acids is 1. The number of aryl methyl sites for hydroxylation is 1. The highest BCUT2D eigenvalue weighted by molar-refractivity contribution is 7.09. The maximum absolute atomic E-state index is 10.6. The molecule has 7 heteroatoms. The van der Waals surface area contributed by atoms with Crippen molar-refractivity contribution >= 4 is 46.6 Å².